The molecule has 92 valence electrons. The number of carbonyl (C=O) groups excluding carboxylic acids is 1. The van der Waals surface area contributed by atoms with Crippen LogP contribution in [0.15, 0.2) is 42.5 Å². The average molecular weight is 359 g/mol. The van der Waals surface area contributed by atoms with Crippen molar-refractivity contribution < 1.29 is 13.6 Å². The van der Waals surface area contributed by atoms with E-state index >= 15 is 0 Å². The van der Waals surface area contributed by atoms with Gasteiger partial charge >= 0.3 is 0 Å². The Morgan fingerprint density at radius 2 is 1.89 bits per heavy atom. The molecule has 1 N–H and O–H groups in total. The predicted octanol–water partition coefficient (Wildman–Crippen LogP) is 3.82. The second-order valence-electron chi connectivity index (χ2n) is 3.59. The molecule has 2 aromatic rings. The number of hydrogen-bond acceptors (Lipinski definition) is 1. The summed E-state index contributed by atoms with van der Waals surface area (Å²) in [5.74, 6) is -2.19. The molecule has 2 aromatic carbocycles. The third-order valence-corrected chi connectivity index (χ3v) is 2.93. The number of halogens is 3. The van der Waals surface area contributed by atoms with Gasteiger partial charge in [-0.15, -0.1) is 0 Å². The van der Waals surface area contributed by atoms with E-state index in [0.717, 1.165) is 15.7 Å². The molecule has 0 unspecified atom stereocenters. The Bertz CT molecular complexity index is 601. The minimum absolute atomic E-state index is 0.185. The maximum absolute atomic E-state index is 13.4. The number of anilines is 1. The molecule has 0 aliphatic carbocycles. The molecule has 0 spiro atoms. The van der Waals surface area contributed by atoms with Crippen molar-refractivity contribution in [1.29, 1.82) is 0 Å². The molecular formula is C13H8F2INO. The van der Waals surface area contributed by atoms with Crippen molar-refractivity contribution >= 4 is 34.2 Å². The summed E-state index contributed by atoms with van der Waals surface area (Å²) in [5.41, 5.74) is 0.380. The second-order valence-corrected chi connectivity index (χ2v) is 4.83. The molecule has 0 heterocycles. The molecular weight excluding hydrogens is 351 g/mol. The molecule has 18 heavy (non-hydrogen) atoms. The highest BCUT2D eigenvalue weighted by Crippen LogP contribution is 2.15. The lowest BCUT2D eigenvalue weighted by Crippen LogP contribution is -2.13. The third kappa shape index (κ3) is 3.04. The quantitative estimate of drug-likeness (QED) is 0.812. The first-order valence-electron chi connectivity index (χ1n) is 5.08. The van der Waals surface area contributed by atoms with Crippen molar-refractivity contribution in [3.63, 3.8) is 0 Å². The van der Waals surface area contributed by atoms with E-state index in [1.165, 1.54) is 0 Å². The highest BCUT2D eigenvalue weighted by Gasteiger charge is 2.12. The molecule has 0 atom stereocenters. The Balaban J connectivity index is 2.22. The molecule has 0 saturated carbocycles. The van der Waals surface area contributed by atoms with Crippen LogP contribution < -0.4 is 5.32 Å². The van der Waals surface area contributed by atoms with Crippen LogP contribution in [-0.2, 0) is 0 Å². The van der Waals surface area contributed by atoms with Crippen molar-refractivity contribution in [2.45, 2.75) is 0 Å². The largest absolute Gasteiger partial charge is 0.322 e. The van der Waals surface area contributed by atoms with Crippen molar-refractivity contribution in [3.8, 4) is 0 Å². The smallest absolute Gasteiger partial charge is 0.258 e. The number of rotatable bonds is 2. The van der Waals surface area contributed by atoms with E-state index in [1.807, 2.05) is 6.07 Å². The fraction of sp³-hybridized carbons (Fsp3) is 0. The lowest BCUT2D eigenvalue weighted by molar-refractivity contribution is 0.102. The molecule has 0 saturated heterocycles. The first kappa shape index (κ1) is 12.9. The summed E-state index contributed by atoms with van der Waals surface area (Å²) in [5, 5.41) is 2.55. The number of benzene rings is 2. The highest BCUT2D eigenvalue weighted by molar-refractivity contribution is 14.1. The number of amides is 1. The molecule has 0 radical (unpaired) electrons. The molecule has 0 aromatic heterocycles. The van der Waals surface area contributed by atoms with Crippen LogP contribution in [0.5, 0.6) is 0 Å². The van der Waals surface area contributed by atoms with E-state index in [0.29, 0.717) is 11.8 Å². The Hall–Kier alpha value is -1.50. The highest BCUT2D eigenvalue weighted by atomic mass is 127. The normalized spacial score (nSPS) is 10.2. The standard InChI is InChI=1S/C13H8F2INO/c14-8-4-5-11(12(15)6-8)13(18)17-10-3-1-2-9(16)7-10/h1-7H,(H,17,18). The summed E-state index contributed by atoms with van der Waals surface area (Å²) in [7, 11) is 0. The van der Waals surface area contributed by atoms with Gasteiger partial charge in [-0.05, 0) is 52.9 Å². The second kappa shape index (κ2) is 5.43. The van der Waals surface area contributed by atoms with E-state index in [-0.39, 0.29) is 5.56 Å². The van der Waals surface area contributed by atoms with Gasteiger partial charge in [-0.1, -0.05) is 6.07 Å². The van der Waals surface area contributed by atoms with Gasteiger partial charge in [-0.25, -0.2) is 8.78 Å². The van der Waals surface area contributed by atoms with Crippen LogP contribution in [0.3, 0.4) is 0 Å². The zero-order valence-corrected chi connectivity index (χ0v) is 11.2. The summed E-state index contributed by atoms with van der Waals surface area (Å²) in [6.45, 7) is 0. The van der Waals surface area contributed by atoms with Gasteiger partial charge in [-0.3, -0.25) is 4.79 Å². The van der Waals surface area contributed by atoms with Gasteiger partial charge in [0.05, 0.1) is 5.56 Å². The van der Waals surface area contributed by atoms with Crippen LogP contribution in [-0.4, -0.2) is 5.91 Å². The zero-order chi connectivity index (χ0) is 13.1. The van der Waals surface area contributed by atoms with Crippen LogP contribution in [0.2, 0.25) is 0 Å². The van der Waals surface area contributed by atoms with Crippen LogP contribution in [0, 0.1) is 15.2 Å². The molecule has 0 aliphatic heterocycles. The summed E-state index contributed by atoms with van der Waals surface area (Å²) in [6, 6.07) is 9.94. The first-order chi connectivity index (χ1) is 8.56. The van der Waals surface area contributed by atoms with Gasteiger partial charge in [0.15, 0.2) is 0 Å². The fourth-order valence-electron chi connectivity index (χ4n) is 1.44. The molecule has 2 nitrogen and oxygen atoms in total. The van der Waals surface area contributed by atoms with Gasteiger partial charge in [0.1, 0.15) is 11.6 Å². The lowest BCUT2D eigenvalue weighted by Gasteiger charge is -2.06. The maximum atomic E-state index is 13.4. The Morgan fingerprint density at radius 1 is 1.11 bits per heavy atom. The summed E-state index contributed by atoms with van der Waals surface area (Å²) >= 11 is 2.10. The average Bonchev–Trinajstić information content (AvgIpc) is 2.28. The van der Waals surface area contributed by atoms with Crippen LogP contribution in [0.25, 0.3) is 0 Å². The molecule has 0 aliphatic rings. The number of carbonyl (C=O) groups is 1. The Labute approximate surface area is 116 Å². The van der Waals surface area contributed by atoms with E-state index in [2.05, 4.69) is 27.9 Å². The number of nitrogens with one attached hydrogen (secondary N) is 1. The predicted molar refractivity (Wildman–Crippen MR) is 73.5 cm³/mol. The monoisotopic (exact) mass is 359 g/mol. The molecule has 5 heteroatoms. The van der Waals surface area contributed by atoms with E-state index in [4.69, 9.17) is 0 Å². The van der Waals surface area contributed by atoms with E-state index < -0.39 is 17.5 Å². The van der Waals surface area contributed by atoms with Gasteiger partial charge in [0.25, 0.3) is 5.91 Å². The zero-order valence-electron chi connectivity index (χ0n) is 9.08. The van der Waals surface area contributed by atoms with Crippen LogP contribution in [0.4, 0.5) is 14.5 Å². The third-order valence-electron chi connectivity index (χ3n) is 2.26. The van der Waals surface area contributed by atoms with E-state index in [9.17, 15) is 13.6 Å². The molecule has 0 fully saturated rings. The maximum Gasteiger partial charge on any atom is 0.258 e. The molecule has 0 bridgehead atoms. The van der Waals surface area contributed by atoms with Gasteiger partial charge in [0, 0.05) is 15.3 Å². The van der Waals surface area contributed by atoms with Gasteiger partial charge in [0.2, 0.25) is 0 Å². The SMILES string of the molecule is O=C(Nc1cccc(I)c1)c1ccc(F)cc1F. The summed E-state index contributed by atoms with van der Waals surface area (Å²) in [6.07, 6.45) is 0. The molecule has 2 rings (SSSR count). The van der Waals surface area contributed by atoms with Gasteiger partial charge in [-0.2, -0.15) is 0 Å². The van der Waals surface area contributed by atoms with E-state index in [1.54, 1.807) is 18.2 Å². The number of hydrogen-bond donors (Lipinski definition) is 1. The van der Waals surface area contributed by atoms with Crippen molar-refractivity contribution in [3.05, 3.63) is 63.2 Å². The fourth-order valence-corrected chi connectivity index (χ4v) is 1.98. The minimum atomic E-state index is -0.877. The van der Waals surface area contributed by atoms with Crippen molar-refractivity contribution in [1.82, 2.24) is 0 Å². The minimum Gasteiger partial charge on any atom is -0.322 e. The van der Waals surface area contributed by atoms with Gasteiger partial charge < -0.3 is 5.32 Å². The topological polar surface area (TPSA) is 29.1 Å². The van der Waals surface area contributed by atoms with Crippen LogP contribution in [0.1, 0.15) is 10.4 Å². The van der Waals surface area contributed by atoms with Crippen molar-refractivity contribution in [2.75, 3.05) is 5.32 Å². The summed E-state index contributed by atoms with van der Waals surface area (Å²) in [4.78, 5) is 11.8. The first-order valence-corrected chi connectivity index (χ1v) is 6.16. The van der Waals surface area contributed by atoms with Crippen molar-refractivity contribution in [2.24, 2.45) is 0 Å². The summed E-state index contributed by atoms with van der Waals surface area (Å²) < 4.78 is 27.0. The molecule has 1 amide bonds. The Kier molecular flexibility index (Phi) is 3.90. The Morgan fingerprint density at radius 3 is 2.56 bits per heavy atom. The lowest BCUT2D eigenvalue weighted by atomic mass is 10.2. The van der Waals surface area contributed by atoms with Crippen LogP contribution >= 0.6 is 22.6 Å².